The molecule has 1 aliphatic carbocycles. The second kappa shape index (κ2) is 12.5. The number of ether oxygens (including phenoxy) is 5. The van der Waals surface area contributed by atoms with Gasteiger partial charge in [0.05, 0.1) is 33.0 Å². The first-order chi connectivity index (χ1) is 19.6. The molecular weight excluding hydrogens is 558 g/mol. The van der Waals surface area contributed by atoms with Crippen LogP contribution in [0.3, 0.4) is 0 Å². The molecule has 2 bridgehead atoms. The molecule has 1 heterocycles. The van der Waals surface area contributed by atoms with E-state index in [9.17, 15) is 14.7 Å². The molecule has 1 unspecified atom stereocenters. The van der Waals surface area contributed by atoms with Crippen molar-refractivity contribution in [3.8, 4) is 23.3 Å². The van der Waals surface area contributed by atoms with Gasteiger partial charge in [-0.1, -0.05) is 45.6 Å². The van der Waals surface area contributed by atoms with Crippen molar-refractivity contribution in [2.24, 2.45) is 10.8 Å². The van der Waals surface area contributed by atoms with E-state index in [2.05, 4.69) is 45.7 Å². The van der Waals surface area contributed by atoms with Crippen molar-refractivity contribution in [2.75, 3.05) is 54.9 Å². The molecule has 3 rings (SSSR count). The van der Waals surface area contributed by atoms with Gasteiger partial charge in [-0.3, -0.25) is 9.59 Å². The van der Waals surface area contributed by atoms with Gasteiger partial charge in [0.25, 0.3) is 0 Å². The predicted molar refractivity (Wildman–Crippen MR) is 160 cm³/mol. The van der Waals surface area contributed by atoms with Crippen molar-refractivity contribution in [1.29, 1.82) is 0 Å². The molecule has 0 spiro atoms. The van der Waals surface area contributed by atoms with Gasteiger partial charge in [0, 0.05) is 20.2 Å². The lowest BCUT2D eigenvalue weighted by Crippen LogP contribution is -2.80. The molecule has 234 valence electrons. The zero-order valence-corrected chi connectivity index (χ0v) is 27.7. The van der Waals surface area contributed by atoms with Crippen LogP contribution in [0.1, 0.15) is 46.1 Å². The van der Waals surface area contributed by atoms with Crippen LogP contribution >= 0.6 is 0 Å². The van der Waals surface area contributed by atoms with Crippen molar-refractivity contribution < 1.29 is 42.8 Å². The number of piperidine rings is 1. The second-order valence-corrected chi connectivity index (χ2v) is 17.3. The van der Waals surface area contributed by atoms with E-state index in [0.29, 0.717) is 30.0 Å². The number of aliphatic hydroxyl groups is 1. The van der Waals surface area contributed by atoms with Gasteiger partial charge in [-0.2, -0.15) is 0 Å². The lowest BCUT2D eigenvalue weighted by Gasteiger charge is -2.64. The van der Waals surface area contributed by atoms with Gasteiger partial charge in [0.2, 0.25) is 0 Å². The highest BCUT2D eigenvalue weighted by Gasteiger charge is 2.78. The highest BCUT2D eigenvalue weighted by Crippen LogP contribution is 2.60. The van der Waals surface area contributed by atoms with E-state index in [1.807, 2.05) is 11.8 Å². The lowest BCUT2D eigenvalue weighted by molar-refractivity contribution is -0.252. The van der Waals surface area contributed by atoms with Crippen LogP contribution in [0.15, 0.2) is 18.2 Å². The number of methoxy groups -OCH3 is 4. The lowest BCUT2D eigenvalue weighted by atomic mass is 9.47. The first-order valence-corrected chi connectivity index (χ1v) is 17.2. The number of esters is 2. The number of carbonyl (C=O) groups excluding carboxylic acids is 2. The van der Waals surface area contributed by atoms with E-state index >= 15 is 0 Å². The van der Waals surface area contributed by atoms with E-state index in [1.165, 1.54) is 28.4 Å². The molecule has 42 heavy (non-hydrogen) atoms. The maximum absolute atomic E-state index is 14.1. The van der Waals surface area contributed by atoms with E-state index in [-0.39, 0.29) is 31.3 Å². The minimum Gasteiger partial charge on any atom is -0.493 e. The minimum atomic E-state index is -2.48. The highest BCUT2D eigenvalue weighted by atomic mass is 28.4. The minimum absolute atomic E-state index is 0.0641. The Morgan fingerprint density at radius 2 is 1.76 bits per heavy atom. The number of nitrogens with zero attached hydrogens (tertiary/aromatic N) is 1. The van der Waals surface area contributed by atoms with Gasteiger partial charge in [-0.05, 0) is 49.7 Å². The van der Waals surface area contributed by atoms with E-state index in [0.717, 1.165) is 0 Å². The third kappa shape index (κ3) is 5.44. The number of fused-ring (bicyclic) bond motifs is 2. The maximum atomic E-state index is 14.1. The van der Waals surface area contributed by atoms with Gasteiger partial charge in [-0.15, -0.1) is 0 Å². The number of rotatable bonds is 9. The van der Waals surface area contributed by atoms with Crippen molar-refractivity contribution in [1.82, 2.24) is 4.90 Å². The Morgan fingerprint density at radius 1 is 1.10 bits per heavy atom. The largest absolute Gasteiger partial charge is 0.493 e. The smallest absolute Gasteiger partial charge is 0.319 e. The first kappa shape index (κ1) is 33.9. The summed E-state index contributed by atoms with van der Waals surface area (Å²) in [6, 6.07) is 5.16. The normalized spacial score (nSPS) is 27.8. The van der Waals surface area contributed by atoms with Crippen LogP contribution in [0.5, 0.6) is 11.5 Å². The van der Waals surface area contributed by atoms with E-state index in [1.54, 1.807) is 18.2 Å². The second-order valence-electron chi connectivity index (χ2n) is 12.6. The standard InChI is InChI=1S/C31H47NO9Si/c1-11-32-19-29(26(33)38-7)17-16-24(41-42(9,10)28(2,3)4)30(20-32,27(34)39-8)31(29,35)18-15-22-13-12-14-23(37-6)25(22)40-21-36-5/h12-14,24,35H,11,16-17,19-21H2,1-10H3/t24-,29-,30-,31?/m0/s1. The Kier molecular flexibility index (Phi) is 10.1. The monoisotopic (exact) mass is 605 g/mol. The van der Waals surface area contributed by atoms with Crippen LogP contribution < -0.4 is 9.47 Å². The fraction of sp³-hybridized carbons (Fsp3) is 0.677. The molecule has 2 fully saturated rings. The highest BCUT2D eigenvalue weighted by molar-refractivity contribution is 6.74. The van der Waals surface area contributed by atoms with E-state index in [4.69, 9.17) is 28.1 Å². The first-order valence-electron chi connectivity index (χ1n) is 14.3. The number of hydrogen-bond donors (Lipinski definition) is 1. The molecule has 1 aromatic rings. The summed E-state index contributed by atoms with van der Waals surface area (Å²) in [6.07, 6.45) is -0.226. The van der Waals surface area contributed by atoms with Gasteiger partial charge >= 0.3 is 11.9 Å². The number of likely N-dealkylation sites (tertiary alicyclic amines) is 1. The van der Waals surface area contributed by atoms with Crippen molar-refractivity contribution in [2.45, 2.75) is 70.4 Å². The molecule has 1 aromatic carbocycles. The Hall–Kier alpha value is -2.62. The summed E-state index contributed by atoms with van der Waals surface area (Å²) in [6.45, 7) is 13.2. The molecule has 2 aliphatic rings. The summed E-state index contributed by atoms with van der Waals surface area (Å²) in [5, 5.41) is 12.8. The van der Waals surface area contributed by atoms with Crippen LogP contribution in [-0.4, -0.2) is 96.8 Å². The van der Waals surface area contributed by atoms with Crippen molar-refractivity contribution >= 4 is 20.3 Å². The number of para-hydroxylation sites is 1. The van der Waals surface area contributed by atoms with E-state index < -0.39 is 42.8 Å². The summed E-state index contributed by atoms with van der Waals surface area (Å²) < 4.78 is 34.1. The average molecular weight is 606 g/mol. The predicted octanol–water partition coefficient (Wildman–Crippen LogP) is 3.60. The summed E-state index contributed by atoms with van der Waals surface area (Å²) in [5.41, 5.74) is -5.12. The van der Waals surface area contributed by atoms with Gasteiger partial charge in [0.1, 0.15) is 10.8 Å². The third-order valence-corrected chi connectivity index (χ3v) is 13.9. The summed E-state index contributed by atoms with van der Waals surface area (Å²) in [7, 11) is 3.09. The molecule has 0 aromatic heterocycles. The SMILES string of the molecule is CCN1C[C@]2(C(=O)OC)CC[C@H](O[Si](C)(C)C(C)(C)C)[C@](C(=O)OC)(C1)C2(O)C#Cc1cccc(OC)c1OCOC. The van der Waals surface area contributed by atoms with Crippen LogP contribution in [0.25, 0.3) is 0 Å². The van der Waals surface area contributed by atoms with Crippen molar-refractivity contribution in [3.63, 3.8) is 0 Å². The van der Waals surface area contributed by atoms with Gasteiger partial charge < -0.3 is 38.1 Å². The zero-order chi connectivity index (χ0) is 31.6. The molecule has 1 aliphatic heterocycles. The summed E-state index contributed by atoms with van der Waals surface area (Å²) in [5.74, 6) is 5.48. The van der Waals surface area contributed by atoms with Crippen molar-refractivity contribution in [3.05, 3.63) is 23.8 Å². The van der Waals surface area contributed by atoms with Gasteiger partial charge in [0.15, 0.2) is 32.2 Å². The maximum Gasteiger partial charge on any atom is 0.319 e. The Morgan fingerprint density at radius 3 is 2.31 bits per heavy atom. The number of benzene rings is 1. The molecule has 4 atom stereocenters. The fourth-order valence-electron chi connectivity index (χ4n) is 6.05. The molecule has 11 heteroatoms. The molecule has 1 saturated carbocycles. The summed E-state index contributed by atoms with van der Waals surface area (Å²) >= 11 is 0. The van der Waals surface area contributed by atoms with Crippen LogP contribution in [0.2, 0.25) is 18.1 Å². The Labute approximate surface area is 251 Å². The van der Waals surface area contributed by atoms with Crippen LogP contribution in [0.4, 0.5) is 0 Å². The quantitative estimate of drug-likeness (QED) is 0.194. The summed E-state index contributed by atoms with van der Waals surface area (Å²) in [4.78, 5) is 29.9. The third-order valence-electron chi connectivity index (χ3n) is 9.40. The number of hydrogen-bond acceptors (Lipinski definition) is 10. The Bertz CT molecular complexity index is 1220. The topological polar surface area (TPSA) is 113 Å². The average Bonchev–Trinajstić information content (AvgIpc) is 2.95. The molecular formula is C31H47NO9Si. The number of carbonyl (C=O) groups is 2. The molecule has 0 radical (unpaired) electrons. The molecule has 10 nitrogen and oxygen atoms in total. The van der Waals surface area contributed by atoms with Gasteiger partial charge in [-0.25, -0.2) is 0 Å². The molecule has 1 N–H and O–H groups in total. The molecule has 0 amide bonds. The molecule has 1 saturated heterocycles. The van der Waals surface area contributed by atoms with Crippen LogP contribution in [0, 0.1) is 22.7 Å². The zero-order valence-electron chi connectivity index (χ0n) is 26.7. The van der Waals surface area contributed by atoms with Crippen LogP contribution in [-0.2, 0) is 28.2 Å². The fourth-order valence-corrected chi connectivity index (χ4v) is 7.43. The Balaban J connectivity index is 2.38.